The van der Waals surface area contributed by atoms with Gasteiger partial charge < -0.3 is 15.8 Å². The van der Waals surface area contributed by atoms with E-state index in [1.54, 1.807) is 0 Å². The van der Waals surface area contributed by atoms with Crippen molar-refractivity contribution in [3.05, 3.63) is 0 Å². The van der Waals surface area contributed by atoms with E-state index in [0.717, 1.165) is 0 Å². The van der Waals surface area contributed by atoms with E-state index in [4.69, 9.17) is 5.73 Å². The smallest absolute Gasteiger partial charge is 0.362 e. The van der Waals surface area contributed by atoms with E-state index >= 15 is 0 Å². The zero-order valence-corrected chi connectivity index (χ0v) is 8.79. The monoisotopic (exact) mass is 250 g/mol. The van der Waals surface area contributed by atoms with Gasteiger partial charge in [0.1, 0.15) is 13.2 Å². The van der Waals surface area contributed by atoms with Crippen molar-refractivity contribution in [3.8, 4) is 0 Å². The van der Waals surface area contributed by atoms with Gasteiger partial charge in [-0.1, -0.05) is 0 Å². The largest absolute Gasteiger partial charge is 0.411 e. The van der Waals surface area contributed by atoms with Gasteiger partial charge in [-0.05, 0) is 13.0 Å². The van der Waals surface area contributed by atoms with Crippen molar-refractivity contribution in [1.29, 1.82) is 0 Å². The fraction of sp³-hybridized carbons (Fsp3) is 0.857. The van der Waals surface area contributed by atoms with Crippen LogP contribution < -0.4 is 11.1 Å². The van der Waals surface area contributed by atoms with Crippen molar-refractivity contribution >= 4 is 18.3 Å². The van der Waals surface area contributed by atoms with Crippen LogP contribution in [-0.4, -0.2) is 38.4 Å². The molecule has 0 aliphatic heterocycles. The molecule has 15 heavy (non-hydrogen) atoms. The van der Waals surface area contributed by atoms with Crippen molar-refractivity contribution in [2.75, 3.05) is 26.3 Å². The maximum atomic E-state index is 11.5. The quantitative estimate of drug-likeness (QED) is 0.673. The van der Waals surface area contributed by atoms with Gasteiger partial charge in [-0.2, -0.15) is 13.2 Å². The summed E-state index contributed by atoms with van der Waals surface area (Å²) >= 11 is 0. The Balaban J connectivity index is 0. The summed E-state index contributed by atoms with van der Waals surface area (Å²) in [7, 11) is 0. The summed E-state index contributed by atoms with van der Waals surface area (Å²) in [5.74, 6) is -0.567. The van der Waals surface area contributed by atoms with Gasteiger partial charge in [0.15, 0.2) is 0 Å². The molecule has 0 spiro atoms. The maximum absolute atomic E-state index is 11.5. The Morgan fingerprint density at radius 3 is 2.47 bits per heavy atom. The fourth-order valence-corrected chi connectivity index (χ4v) is 0.640. The highest BCUT2D eigenvalue weighted by Crippen LogP contribution is 2.13. The summed E-state index contributed by atoms with van der Waals surface area (Å²) in [5.41, 5.74) is 5.14. The molecule has 0 bridgehead atoms. The fourth-order valence-electron chi connectivity index (χ4n) is 0.640. The average Bonchev–Trinajstić information content (AvgIpc) is 2.02. The molecule has 0 aromatic rings. The normalized spacial score (nSPS) is 10.7. The second-order valence-electron chi connectivity index (χ2n) is 2.60. The predicted molar refractivity (Wildman–Crippen MR) is 50.8 cm³/mol. The van der Waals surface area contributed by atoms with Crippen LogP contribution in [0.25, 0.3) is 0 Å². The van der Waals surface area contributed by atoms with Crippen LogP contribution in [0, 0.1) is 0 Å². The third-order valence-electron chi connectivity index (χ3n) is 1.20. The first-order valence-electron chi connectivity index (χ1n) is 4.07. The van der Waals surface area contributed by atoms with Crippen LogP contribution in [0.2, 0.25) is 0 Å². The minimum Gasteiger partial charge on any atom is -0.362 e. The lowest BCUT2D eigenvalue weighted by molar-refractivity contribution is -0.175. The molecule has 0 aromatic carbocycles. The van der Waals surface area contributed by atoms with Crippen LogP contribution in [0.15, 0.2) is 0 Å². The molecular formula is C7H14ClF3N2O2. The van der Waals surface area contributed by atoms with Crippen molar-refractivity contribution in [1.82, 2.24) is 5.32 Å². The van der Waals surface area contributed by atoms with E-state index in [-0.39, 0.29) is 12.4 Å². The molecule has 0 radical (unpaired) electrons. The molecule has 0 aromatic heterocycles. The highest BCUT2D eigenvalue weighted by Gasteiger charge is 2.27. The second-order valence-corrected chi connectivity index (χ2v) is 2.60. The van der Waals surface area contributed by atoms with Crippen LogP contribution in [0.4, 0.5) is 13.2 Å². The van der Waals surface area contributed by atoms with Gasteiger partial charge in [0.25, 0.3) is 0 Å². The van der Waals surface area contributed by atoms with Gasteiger partial charge in [0.05, 0.1) is 0 Å². The van der Waals surface area contributed by atoms with E-state index in [2.05, 4.69) is 10.1 Å². The average molecular weight is 251 g/mol. The number of carbonyl (C=O) groups is 1. The maximum Gasteiger partial charge on any atom is 0.411 e. The Morgan fingerprint density at radius 2 is 2.00 bits per heavy atom. The molecule has 92 valence electrons. The van der Waals surface area contributed by atoms with E-state index < -0.39 is 25.3 Å². The Hall–Kier alpha value is -0.530. The summed E-state index contributed by atoms with van der Waals surface area (Å²) in [6, 6.07) is 0. The van der Waals surface area contributed by atoms with Gasteiger partial charge in [-0.25, -0.2) is 0 Å². The Morgan fingerprint density at radius 1 is 1.40 bits per heavy atom. The van der Waals surface area contributed by atoms with Gasteiger partial charge >= 0.3 is 6.18 Å². The van der Waals surface area contributed by atoms with Gasteiger partial charge in [0.2, 0.25) is 5.91 Å². The molecule has 0 saturated heterocycles. The predicted octanol–water partition coefficient (Wildman–Crippen LogP) is 0.452. The number of rotatable bonds is 6. The number of alkyl halides is 3. The number of nitrogens with two attached hydrogens (primary N) is 1. The van der Waals surface area contributed by atoms with Crippen molar-refractivity contribution in [3.63, 3.8) is 0 Å². The minimum atomic E-state index is -4.39. The van der Waals surface area contributed by atoms with Crippen LogP contribution >= 0.6 is 12.4 Å². The number of hydrogen-bond acceptors (Lipinski definition) is 3. The molecule has 0 unspecified atom stereocenters. The summed E-state index contributed by atoms with van der Waals surface area (Å²) < 4.78 is 38.7. The molecule has 3 N–H and O–H groups in total. The van der Waals surface area contributed by atoms with E-state index in [1.807, 2.05) is 0 Å². The minimum absolute atomic E-state index is 0. The van der Waals surface area contributed by atoms with Gasteiger partial charge in [0, 0.05) is 6.54 Å². The van der Waals surface area contributed by atoms with Crippen molar-refractivity contribution < 1.29 is 22.7 Å². The number of hydrogen-bond donors (Lipinski definition) is 2. The van der Waals surface area contributed by atoms with Crippen molar-refractivity contribution in [2.45, 2.75) is 12.6 Å². The lowest BCUT2D eigenvalue weighted by atomic mass is 10.4. The molecule has 8 heteroatoms. The number of carbonyl (C=O) groups excluding carboxylic acids is 1. The first-order chi connectivity index (χ1) is 6.45. The highest BCUT2D eigenvalue weighted by atomic mass is 35.5. The van der Waals surface area contributed by atoms with Crippen LogP contribution in [0.1, 0.15) is 6.42 Å². The second kappa shape index (κ2) is 8.75. The van der Waals surface area contributed by atoms with Crippen molar-refractivity contribution in [2.24, 2.45) is 5.73 Å². The number of nitrogens with one attached hydrogen (secondary N) is 1. The van der Waals surface area contributed by atoms with E-state index in [1.165, 1.54) is 0 Å². The van der Waals surface area contributed by atoms with Gasteiger partial charge in [-0.15, -0.1) is 12.4 Å². The summed E-state index contributed by atoms with van der Waals surface area (Å²) in [4.78, 5) is 10.8. The molecule has 0 atom stereocenters. The first-order valence-corrected chi connectivity index (χ1v) is 4.07. The molecule has 4 nitrogen and oxygen atoms in total. The van der Waals surface area contributed by atoms with Crippen LogP contribution in [0.3, 0.4) is 0 Å². The molecule has 0 fully saturated rings. The SMILES string of the molecule is Cl.NCCCNC(=O)COCC(F)(F)F. The first kappa shape index (κ1) is 16.9. The third-order valence-corrected chi connectivity index (χ3v) is 1.20. The zero-order valence-electron chi connectivity index (χ0n) is 7.97. The highest BCUT2D eigenvalue weighted by molar-refractivity contribution is 5.85. The summed E-state index contributed by atoms with van der Waals surface area (Å²) in [5, 5.41) is 2.36. The number of ether oxygens (including phenoxy) is 1. The lowest BCUT2D eigenvalue weighted by Gasteiger charge is -2.07. The van der Waals surface area contributed by atoms with E-state index in [0.29, 0.717) is 19.5 Å². The zero-order chi connectivity index (χ0) is 11.0. The van der Waals surface area contributed by atoms with Crippen LogP contribution in [-0.2, 0) is 9.53 Å². The number of amides is 1. The Kier molecular flexibility index (Phi) is 9.85. The standard InChI is InChI=1S/C7H13F3N2O2.ClH/c8-7(9,10)5-14-4-6(13)12-3-1-2-11;/h1-5,11H2,(H,12,13);1H. The molecule has 0 heterocycles. The van der Waals surface area contributed by atoms with Gasteiger partial charge in [-0.3, -0.25) is 4.79 Å². The molecule has 0 aliphatic carbocycles. The topological polar surface area (TPSA) is 64.3 Å². The lowest BCUT2D eigenvalue weighted by Crippen LogP contribution is -2.31. The Labute approximate surface area is 91.7 Å². The summed E-state index contributed by atoms with van der Waals surface area (Å²) in [6.07, 6.45) is -3.80. The number of halogens is 4. The Bertz CT molecular complexity index is 178. The molecule has 0 aliphatic rings. The van der Waals surface area contributed by atoms with E-state index in [9.17, 15) is 18.0 Å². The third kappa shape index (κ3) is 13.5. The summed E-state index contributed by atoms with van der Waals surface area (Å²) in [6.45, 7) is -1.21. The molecule has 0 rings (SSSR count). The van der Waals surface area contributed by atoms with Crippen LogP contribution in [0.5, 0.6) is 0 Å². The molecule has 0 saturated carbocycles. The molecular weight excluding hydrogens is 237 g/mol. The molecule has 1 amide bonds.